The Morgan fingerprint density at radius 3 is 2.75 bits per heavy atom. The number of ether oxygens (including phenoxy) is 1. The van der Waals surface area contributed by atoms with Crippen LogP contribution in [0.4, 0.5) is 5.82 Å². The Hall–Kier alpha value is -2.03. The van der Waals surface area contributed by atoms with Gasteiger partial charge in [0.15, 0.2) is 5.82 Å². The lowest BCUT2D eigenvalue weighted by atomic mass is 10.1. The summed E-state index contributed by atoms with van der Waals surface area (Å²) in [4.78, 5) is 2.04. The molecule has 0 saturated carbocycles. The van der Waals surface area contributed by atoms with Gasteiger partial charge in [-0.05, 0) is 31.5 Å². The van der Waals surface area contributed by atoms with E-state index < -0.39 is 0 Å². The second-order valence-corrected chi connectivity index (χ2v) is 6.59. The highest BCUT2D eigenvalue weighted by Gasteiger charge is 2.28. The number of rotatable bonds is 3. The van der Waals surface area contributed by atoms with Gasteiger partial charge in [0.05, 0.1) is 22.3 Å². The molecule has 1 saturated heterocycles. The van der Waals surface area contributed by atoms with Gasteiger partial charge in [-0.25, -0.2) is 0 Å². The van der Waals surface area contributed by atoms with E-state index in [4.69, 9.17) is 27.9 Å². The first-order chi connectivity index (χ1) is 11.5. The van der Waals surface area contributed by atoms with Gasteiger partial charge in [0.2, 0.25) is 0 Å². The molecule has 0 N–H and O–H groups in total. The third-order valence-corrected chi connectivity index (χ3v) is 4.93. The Bertz CT molecular complexity index is 819. The van der Waals surface area contributed by atoms with Gasteiger partial charge in [-0.15, -0.1) is 5.10 Å². The van der Waals surface area contributed by atoms with Crippen molar-refractivity contribution in [1.82, 2.24) is 10.2 Å². The molecule has 5 nitrogen and oxygen atoms in total. The van der Waals surface area contributed by atoms with Crippen LogP contribution in [0.25, 0.3) is 0 Å². The maximum atomic E-state index is 9.44. The first kappa shape index (κ1) is 16.8. The van der Waals surface area contributed by atoms with Crippen LogP contribution in [0.2, 0.25) is 10.0 Å². The Labute approximate surface area is 150 Å². The number of halogens is 2. The lowest BCUT2D eigenvalue weighted by molar-refractivity contribution is 0.225. The molecule has 0 amide bonds. The van der Waals surface area contributed by atoms with E-state index >= 15 is 0 Å². The van der Waals surface area contributed by atoms with Gasteiger partial charge in [-0.1, -0.05) is 23.2 Å². The van der Waals surface area contributed by atoms with E-state index in [1.165, 1.54) is 0 Å². The average molecular weight is 363 g/mol. The third-order valence-electron chi connectivity index (χ3n) is 4.19. The molecule has 0 spiro atoms. The van der Waals surface area contributed by atoms with E-state index in [0.717, 1.165) is 24.2 Å². The molecule has 1 fully saturated rings. The standard InChI is InChI=1S/C17H16Cl2N4O/c1-10-11(2)21-22-17(14(10)8-20)23-6-5-13(9-23)24-12-3-4-15(18)16(19)7-12/h3-4,7,13H,5-6,9H2,1-2H3. The maximum absolute atomic E-state index is 9.44. The number of hydrogen-bond donors (Lipinski definition) is 0. The fourth-order valence-corrected chi connectivity index (χ4v) is 3.00. The van der Waals surface area contributed by atoms with Crippen LogP contribution in [-0.2, 0) is 0 Å². The van der Waals surface area contributed by atoms with Crippen molar-refractivity contribution in [2.45, 2.75) is 26.4 Å². The molecule has 1 unspecified atom stereocenters. The number of benzene rings is 1. The second-order valence-electron chi connectivity index (χ2n) is 5.77. The van der Waals surface area contributed by atoms with E-state index in [9.17, 15) is 5.26 Å². The second kappa shape index (κ2) is 6.84. The summed E-state index contributed by atoms with van der Waals surface area (Å²) < 4.78 is 5.97. The smallest absolute Gasteiger partial charge is 0.169 e. The molecule has 1 atom stereocenters. The monoisotopic (exact) mass is 362 g/mol. The summed E-state index contributed by atoms with van der Waals surface area (Å²) >= 11 is 11.9. The summed E-state index contributed by atoms with van der Waals surface area (Å²) in [7, 11) is 0. The van der Waals surface area contributed by atoms with Crippen LogP contribution in [0.3, 0.4) is 0 Å². The molecule has 1 aliphatic rings. The van der Waals surface area contributed by atoms with Gasteiger partial charge in [-0.2, -0.15) is 10.4 Å². The SMILES string of the molecule is Cc1nnc(N2CCC(Oc3ccc(Cl)c(Cl)c3)C2)c(C#N)c1C. The summed E-state index contributed by atoms with van der Waals surface area (Å²) in [5.41, 5.74) is 2.23. The van der Waals surface area contributed by atoms with Gasteiger partial charge < -0.3 is 9.64 Å². The van der Waals surface area contributed by atoms with Crippen molar-refractivity contribution < 1.29 is 4.74 Å². The van der Waals surface area contributed by atoms with Crippen molar-refractivity contribution in [2.75, 3.05) is 18.0 Å². The minimum absolute atomic E-state index is 0.00260. The predicted molar refractivity (Wildman–Crippen MR) is 93.9 cm³/mol. The molecule has 3 rings (SSSR count). The molecule has 24 heavy (non-hydrogen) atoms. The molecule has 124 valence electrons. The van der Waals surface area contributed by atoms with Crippen LogP contribution >= 0.6 is 23.2 Å². The first-order valence-electron chi connectivity index (χ1n) is 7.60. The zero-order chi connectivity index (χ0) is 17.3. The number of aryl methyl sites for hydroxylation is 1. The lowest BCUT2D eigenvalue weighted by Gasteiger charge is -2.19. The zero-order valence-corrected chi connectivity index (χ0v) is 14.9. The summed E-state index contributed by atoms with van der Waals surface area (Å²) in [5.74, 6) is 1.31. The van der Waals surface area contributed by atoms with Crippen molar-refractivity contribution in [3.8, 4) is 11.8 Å². The average Bonchev–Trinajstić information content (AvgIpc) is 3.01. The minimum Gasteiger partial charge on any atom is -0.488 e. The van der Waals surface area contributed by atoms with Gasteiger partial charge in [-0.3, -0.25) is 0 Å². The molecule has 0 aliphatic carbocycles. The van der Waals surface area contributed by atoms with E-state index in [1.54, 1.807) is 18.2 Å². The Morgan fingerprint density at radius 1 is 1.25 bits per heavy atom. The largest absolute Gasteiger partial charge is 0.488 e. The molecule has 2 heterocycles. The first-order valence-corrected chi connectivity index (χ1v) is 8.36. The van der Waals surface area contributed by atoms with E-state index in [1.807, 2.05) is 18.7 Å². The van der Waals surface area contributed by atoms with E-state index in [2.05, 4.69) is 16.3 Å². The molecule has 1 aromatic heterocycles. The maximum Gasteiger partial charge on any atom is 0.169 e. The van der Waals surface area contributed by atoms with Crippen molar-refractivity contribution in [2.24, 2.45) is 0 Å². The number of anilines is 1. The number of aromatic nitrogens is 2. The highest BCUT2D eigenvalue weighted by Crippen LogP contribution is 2.29. The molecule has 7 heteroatoms. The Morgan fingerprint density at radius 2 is 2.04 bits per heavy atom. The molecular formula is C17H16Cl2N4O. The fourth-order valence-electron chi connectivity index (χ4n) is 2.71. The van der Waals surface area contributed by atoms with Gasteiger partial charge in [0, 0.05) is 19.0 Å². The molecule has 1 aliphatic heterocycles. The number of hydrogen-bond acceptors (Lipinski definition) is 5. The molecule has 0 radical (unpaired) electrons. The van der Waals surface area contributed by atoms with Crippen LogP contribution in [-0.4, -0.2) is 29.4 Å². The van der Waals surface area contributed by atoms with Crippen molar-refractivity contribution in [3.05, 3.63) is 45.1 Å². The summed E-state index contributed by atoms with van der Waals surface area (Å²) in [6.07, 6.45) is 0.830. The third kappa shape index (κ3) is 3.26. The van der Waals surface area contributed by atoms with Crippen LogP contribution < -0.4 is 9.64 Å². The van der Waals surface area contributed by atoms with Crippen LogP contribution in [0.5, 0.6) is 5.75 Å². The lowest BCUT2D eigenvalue weighted by Crippen LogP contribution is -2.26. The summed E-state index contributed by atoms with van der Waals surface area (Å²) in [6.45, 7) is 5.16. The Balaban J connectivity index is 1.75. The summed E-state index contributed by atoms with van der Waals surface area (Å²) in [6, 6.07) is 7.47. The number of nitriles is 1. The molecule has 2 aromatic rings. The van der Waals surface area contributed by atoms with Gasteiger partial charge in [0.25, 0.3) is 0 Å². The fraction of sp³-hybridized carbons (Fsp3) is 0.353. The quantitative estimate of drug-likeness (QED) is 0.827. The highest BCUT2D eigenvalue weighted by molar-refractivity contribution is 6.42. The molecule has 1 aromatic carbocycles. The molecule has 0 bridgehead atoms. The van der Waals surface area contributed by atoms with Gasteiger partial charge >= 0.3 is 0 Å². The number of nitrogens with zero attached hydrogens (tertiary/aromatic N) is 4. The van der Waals surface area contributed by atoms with Crippen LogP contribution in [0.15, 0.2) is 18.2 Å². The van der Waals surface area contributed by atoms with E-state index in [0.29, 0.717) is 33.7 Å². The zero-order valence-electron chi connectivity index (χ0n) is 13.4. The Kier molecular flexibility index (Phi) is 4.79. The van der Waals surface area contributed by atoms with Crippen LogP contribution in [0, 0.1) is 25.2 Å². The van der Waals surface area contributed by atoms with E-state index in [-0.39, 0.29) is 6.10 Å². The summed E-state index contributed by atoms with van der Waals surface area (Å²) in [5, 5.41) is 18.8. The van der Waals surface area contributed by atoms with Gasteiger partial charge in [0.1, 0.15) is 23.5 Å². The normalized spacial score (nSPS) is 17.0. The van der Waals surface area contributed by atoms with Crippen molar-refractivity contribution >= 4 is 29.0 Å². The minimum atomic E-state index is -0.00260. The van der Waals surface area contributed by atoms with Crippen LogP contribution in [0.1, 0.15) is 23.2 Å². The highest BCUT2D eigenvalue weighted by atomic mass is 35.5. The predicted octanol–water partition coefficient (Wildman–Crippen LogP) is 3.93. The van der Waals surface area contributed by atoms with Crippen molar-refractivity contribution in [1.29, 1.82) is 5.26 Å². The van der Waals surface area contributed by atoms with Crippen molar-refractivity contribution in [3.63, 3.8) is 0 Å². The topological polar surface area (TPSA) is 62.0 Å². The molecular weight excluding hydrogens is 347 g/mol.